The monoisotopic (exact) mass is 285 g/mol. The largest absolute Gasteiger partial charge is 0.494 e. The van der Waals surface area contributed by atoms with Crippen LogP contribution in [0.4, 0.5) is 10.1 Å². The van der Waals surface area contributed by atoms with Crippen molar-refractivity contribution >= 4 is 5.69 Å². The third-order valence-electron chi connectivity index (χ3n) is 2.86. The Hall–Kier alpha value is -2.61. The molecule has 0 radical (unpaired) electrons. The molecule has 108 valence electrons. The Bertz CT molecular complexity index is 590. The van der Waals surface area contributed by atoms with Gasteiger partial charge in [-0.3, -0.25) is 0 Å². The number of nitrogens with zero attached hydrogens (tertiary/aromatic N) is 2. The van der Waals surface area contributed by atoms with Gasteiger partial charge in [0.25, 0.3) is 0 Å². The summed E-state index contributed by atoms with van der Waals surface area (Å²) in [5.41, 5.74) is 1.31. The van der Waals surface area contributed by atoms with Crippen molar-refractivity contribution in [3.8, 4) is 11.8 Å². The fourth-order valence-corrected chi connectivity index (χ4v) is 1.75. The van der Waals surface area contributed by atoms with Gasteiger partial charge in [-0.25, -0.2) is 9.37 Å². The van der Waals surface area contributed by atoms with Crippen molar-refractivity contribution in [2.45, 2.75) is 12.8 Å². The molecule has 1 aromatic heterocycles. The average molecular weight is 285 g/mol. The second-order valence-electron chi connectivity index (χ2n) is 4.48. The maximum atomic E-state index is 12.7. The van der Waals surface area contributed by atoms with E-state index in [1.165, 1.54) is 12.1 Å². The zero-order valence-corrected chi connectivity index (χ0v) is 11.6. The number of unbranched alkanes of at least 4 members (excludes halogenated alkanes) is 1. The summed E-state index contributed by atoms with van der Waals surface area (Å²) in [6, 6.07) is 11.5. The van der Waals surface area contributed by atoms with E-state index in [9.17, 15) is 4.39 Å². The standard InChI is InChI=1S/C16H16FN3O/c17-13-3-7-16(8-4-13)21-10-2-1-9-19-15-6-5-14(11-18)20-12-15/h3-8,12,19H,1-2,9-10H2. The van der Waals surface area contributed by atoms with E-state index >= 15 is 0 Å². The van der Waals surface area contributed by atoms with Crippen molar-refractivity contribution in [1.82, 2.24) is 4.98 Å². The van der Waals surface area contributed by atoms with Gasteiger partial charge in [0.15, 0.2) is 0 Å². The van der Waals surface area contributed by atoms with Gasteiger partial charge in [-0.1, -0.05) is 0 Å². The van der Waals surface area contributed by atoms with Crippen LogP contribution in [0, 0.1) is 17.1 Å². The highest BCUT2D eigenvalue weighted by Gasteiger charge is 1.96. The van der Waals surface area contributed by atoms with Crippen LogP contribution < -0.4 is 10.1 Å². The van der Waals surface area contributed by atoms with Crippen molar-refractivity contribution in [3.05, 3.63) is 54.1 Å². The Kier molecular flexibility index (Phi) is 5.53. The number of hydrogen-bond donors (Lipinski definition) is 1. The quantitative estimate of drug-likeness (QED) is 0.792. The van der Waals surface area contributed by atoms with Gasteiger partial charge in [0.2, 0.25) is 0 Å². The van der Waals surface area contributed by atoms with Crippen LogP contribution in [-0.2, 0) is 0 Å². The second-order valence-corrected chi connectivity index (χ2v) is 4.48. The van der Waals surface area contributed by atoms with E-state index in [1.54, 1.807) is 24.4 Å². The number of rotatable bonds is 7. The van der Waals surface area contributed by atoms with Gasteiger partial charge in [-0.2, -0.15) is 5.26 Å². The zero-order valence-electron chi connectivity index (χ0n) is 11.6. The maximum absolute atomic E-state index is 12.7. The SMILES string of the molecule is N#Cc1ccc(NCCCCOc2ccc(F)cc2)cn1. The summed E-state index contributed by atoms with van der Waals surface area (Å²) >= 11 is 0. The second kappa shape index (κ2) is 7.85. The van der Waals surface area contributed by atoms with Crippen LogP contribution in [0.2, 0.25) is 0 Å². The number of ether oxygens (including phenoxy) is 1. The number of halogens is 1. The fraction of sp³-hybridized carbons (Fsp3) is 0.250. The van der Waals surface area contributed by atoms with Gasteiger partial charge in [0, 0.05) is 6.54 Å². The molecule has 2 aromatic rings. The van der Waals surface area contributed by atoms with Gasteiger partial charge in [-0.15, -0.1) is 0 Å². The molecule has 0 aliphatic rings. The molecule has 0 unspecified atom stereocenters. The van der Waals surface area contributed by atoms with Crippen LogP contribution in [0.1, 0.15) is 18.5 Å². The van der Waals surface area contributed by atoms with E-state index in [4.69, 9.17) is 10.00 Å². The van der Waals surface area contributed by atoms with Crippen LogP contribution in [-0.4, -0.2) is 18.1 Å². The Morgan fingerprint density at radius 3 is 2.62 bits per heavy atom. The van der Waals surface area contributed by atoms with Crippen molar-refractivity contribution in [2.75, 3.05) is 18.5 Å². The molecule has 0 bridgehead atoms. The summed E-state index contributed by atoms with van der Waals surface area (Å²) in [5.74, 6) is 0.420. The molecule has 0 atom stereocenters. The number of nitriles is 1. The first-order valence-corrected chi connectivity index (χ1v) is 6.76. The molecule has 1 aromatic carbocycles. The molecule has 2 rings (SSSR count). The van der Waals surface area contributed by atoms with Crippen LogP contribution in [0.3, 0.4) is 0 Å². The van der Waals surface area contributed by atoms with E-state index in [0.29, 0.717) is 18.1 Å². The molecular formula is C16H16FN3O. The highest BCUT2D eigenvalue weighted by Crippen LogP contribution is 2.11. The van der Waals surface area contributed by atoms with Crippen LogP contribution in [0.5, 0.6) is 5.75 Å². The Morgan fingerprint density at radius 2 is 1.95 bits per heavy atom. The Labute approximate surface area is 123 Å². The summed E-state index contributed by atoms with van der Waals surface area (Å²) in [5, 5.41) is 11.9. The minimum atomic E-state index is -0.262. The summed E-state index contributed by atoms with van der Waals surface area (Å²) < 4.78 is 18.2. The molecule has 4 nitrogen and oxygen atoms in total. The van der Waals surface area contributed by atoms with E-state index in [1.807, 2.05) is 12.1 Å². The lowest BCUT2D eigenvalue weighted by molar-refractivity contribution is 0.308. The van der Waals surface area contributed by atoms with E-state index < -0.39 is 0 Å². The molecule has 0 aliphatic carbocycles. The molecule has 1 heterocycles. The zero-order chi connectivity index (χ0) is 14.9. The maximum Gasteiger partial charge on any atom is 0.140 e. The topological polar surface area (TPSA) is 57.9 Å². The lowest BCUT2D eigenvalue weighted by atomic mass is 10.3. The predicted octanol–water partition coefficient (Wildman–Crippen LogP) is 3.36. The average Bonchev–Trinajstić information content (AvgIpc) is 2.53. The van der Waals surface area contributed by atoms with Crippen LogP contribution >= 0.6 is 0 Å². The fourth-order valence-electron chi connectivity index (χ4n) is 1.75. The normalized spacial score (nSPS) is 9.90. The lowest BCUT2D eigenvalue weighted by Crippen LogP contribution is -2.05. The number of aromatic nitrogens is 1. The van der Waals surface area contributed by atoms with Crippen LogP contribution in [0.15, 0.2) is 42.6 Å². The first-order valence-electron chi connectivity index (χ1n) is 6.76. The lowest BCUT2D eigenvalue weighted by Gasteiger charge is -2.07. The molecule has 0 saturated heterocycles. The summed E-state index contributed by atoms with van der Waals surface area (Å²) in [7, 11) is 0. The molecule has 0 spiro atoms. The number of benzene rings is 1. The minimum absolute atomic E-state index is 0.262. The summed E-state index contributed by atoms with van der Waals surface area (Å²) in [4.78, 5) is 3.98. The van der Waals surface area contributed by atoms with Crippen molar-refractivity contribution in [1.29, 1.82) is 5.26 Å². The molecule has 5 heteroatoms. The van der Waals surface area contributed by atoms with Crippen molar-refractivity contribution in [3.63, 3.8) is 0 Å². The molecule has 0 amide bonds. The smallest absolute Gasteiger partial charge is 0.140 e. The van der Waals surface area contributed by atoms with E-state index in [-0.39, 0.29) is 5.82 Å². The van der Waals surface area contributed by atoms with Gasteiger partial charge in [0.05, 0.1) is 18.5 Å². The van der Waals surface area contributed by atoms with Gasteiger partial charge in [0.1, 0.15) is 23.3 Å². The number of anilines is 1. The van der Waals surface area contributed by atoms with Gasteiger partial charge < -0.3 is 10.1 Å². The van der Waals surface area contributed by atoms with Crippen molar-refractivity contribution < 1.29 is 9.13 Å². The van der Waals surface area contributed by atoms with Crippen LogP contribution in [0.25, 0.3) is 0 Å². The highest BCUT2D eigenvalue weighted by atomic mass is 19.1. The molecule has 21 heavy (non-hydrogen) atoms. The van der Waals surface area contributed by atoms with E-state index in [2.05, 4.69) is 10.3 Å². The van der Waals surface area contributed by atoms with Crippen molar-refractivity contribution in [2.24, 2.45) is 0 Å². The van der Waals surface area contributed by atoms with Gasteiger partial charge >= 0.3 is 0 Å². The Balaban J connectivity index is 1.59. The number of pyridine rings is 1. The molecule has 1 N–H and O–H groups in total. The molecular weight excluding hydrogens is 269 g/mol. The summed E-state index contributed by atoms with van der Waals surface area (Å²) in [6.07, 6.45) is 3.49. The molecule has 0 fully saturated rings. The minimum Gasteiger partial charge on any atom is -0.494 e. The Morgan fingerprint density at radius 1 is 1.14 bits per heavy atom. The molecule has 0 saturated carbocycles. The first kappa shape index (κ1) is 14.8. The number of hydrogen-bond acceptors (Lipinski definition) is 4. The highest BCUT2D eigenvalue weighted by molar-refractivity contribution is 5.42. The third-order valence-corrected chi connectivity index (χ3v) is 2.86. The number of nitrogens with one attached hydrogen (secondary N) is 1. The summed E-state index contributed by atoms with van der Waals surface area (Å²) in [6.45, 7) is 1.40. The third kappa shape index (κ3) is 5.11. The predicted molar refractivity (Wildman–Crippen MR) is 78.6 cm³/mol. The van der Waals surface area contributed by atoms with E-state index in [0.717, 1.165) is 25.1 Å². The molecule has 0 aliphatic heterocycles. The first-order chi connectivity index (χ1) is 10.3. The van der Waals surface area contributed by atoms with Gasteiger partial charge in [-0.05, 0) is 49.2 Å².